The van der Waals surface area contributed by atoms with Crippen LogP contribution < -0.4 is 4.74 Å². The molecule has 1 fully saturated rings. The van der Waals surface area contributed by atoms with Crippen molar-refractivity contribution < 1.29 is 18.8 Å². The van der Waals surface area contributed by atoms with E-state index in [1.165, 1.54) is 19.3 Å². The van der Waals surface area contributed by atoms with E-state index in [4.69, 9.17) is 14.0 Å². The molecule has 0 N–H and O–H groups in total. The number of rotatable bonds is 8. The van der Waals surface area contributed by atoms with Crippen LogP contribution in [0.5, 0.6) is 5.75 Å². The van der Waals surface area contributed by atoms with Crippen molar-refractivity contribution in [1.82, 2.24) is 15.0 Å². The molecule has 1 aliphatic rings. The summed E-state index contributed by atoms with van der Waals surface area (Å²) in [7, 11) is 1.75. The van der Waals surface area contributed by atoms with Crippen molar-refractivity contribution in [2.75, 3.05) is 13.6 Å². The molecule has 2 aromatic heterocycles. The molecule has 7 nitrogen and oxygen atoms in total. The average Bonchev–Trinajstić information content (AvgIpc) is 3.12. The van der Waals surface area contributed by atoms with Crippen LogP contribution in [0.4, 0.5) is 4.79 Å². The normalized spacial score (nSPS) is 14.5. The molecule has 0 bridgehead atoms. The Bertz CT molecular complexity index is 843. The van der Waals surface area contributed by atoms with Gasteiger partial charge in [0.05, 0.1) is 23.1 Å². The van der Waals surface area contributed by atoms with E-state index in [1.54, 1.807) is 11.9 Å². The first-order valence-corrected chi connectivity index (χ1v) is 11.0. The summed E-state index contributed by atoms with van der Waals surface area (Å²) in [5.41, 5.74) is 2.90. The highest BCUT2D eigenvalue weighted by Gasteiger charge is 2.21. The third-order valence-corrected chi connectivity index (χ3v) is 5.60. The number of ether oxygens (including phenoxy) is 2. The van der Waals surface area contributed by atoms with E-state index in [0.29, 0.717) is 23.7 Å². The van der Waals surface area contributed by atoms with Gasteiger partial charge in [-0.15, -0.1) is 0 Å². The molecule has 1 aliphatic carbocycles. The molecule has 0 aromatic carbocycles. The smallest absolute Gasteiger partial charge is 0.409 e. The molecule has 3 rings (SSSR count). The van der Waals surface area contributed by atoms with Crippen LogP contribution in [0, 0.1) is 13.8 Å². The summed E-state index contributed by atoms with van der Waals surface area (Å²) in [6.07, 6.45) is 7.84. The quantitative estimate of drug-likeness (QED) is 0.572. The molecular weight excluding hydrogens is 382 g/mol. The standard InChI is InChI=1S/C23H33N3O4/c1-5-6-14-26(4)23(27)28-15-19-16(2)25-30-22(19)20-12-13-21(17(3)24-20)29-18-10-8-7-9-11-18/h12-13,18H,5-11,14-15H2,1-4H3. The van der Waals surface area contributed by atoms with E-state index >= 15 is 0 Å². The molecule has 1 saturated carbocycles. The second-order valence-corrected chi connectivity index (χ2v) is 8.06. The number of aryl methyl sites for hydroxylation is 2. The second-order valence-electron chi connectivity index (χ2n) is 8.06. The fourth-order valence-corrected chi connectivity index (χ4v) is 3.65. The Kier molecular flexibility index (Phi) is 7.71. The largest absolute Gasteiger partial charge is 0.489 e. The lowest BCUT2D eigenvalue weighted by molar-refractivity contribution is 0.104. The van der Waals surface area contributed by atoms with Crippen LogP contribution >= 0.6 is 0 Å². The number of carbonyl (C=O) groups is 1. The van der Waals surface area contributed by atoms with E-state index in [1.807, 2.05) is 26.0 Å². The van der Waals surface area contributed by atoms with Gasteiger partial charge in [0.15, 0.2) is 5.76 Å². The van der Waals surface area contributed by atoms with Crippen LogP contribution in [0.2, 0.25) is 0 Å². The maximum atomic E-state index is 12.2. The predicted octanol–water partition coefficient (Wildman–Crippen LogP) is 5.43. The summed E-state index contributed by atoms with van der Waals surface area (Å²) < 4.78 is 17.2. The van der Waals surface area contributed by atoms with E-state index in [9.17, 15) is 4.79 Å². The number of aromatic nitrogens is 2. The zero-order valence-electron chi connectivity index (χ0n) is 18.6. The third kappa shape index (κ3) is 5.52. The highest BCUT2D eigenvalue weighted by molar-refractivity contribution is 5.67. The summed E-state index contributed by atoms with van der Waals surface area (Å²) in [6.45, 7) is 6.64. The zero-order chi connectivity index (χ0) is 21.5. The fraction of sp³-hybridized carbons (Fsp3) is 0.609. The summed E-state index contributed by atoms with van der Waals surface area (Å²) in [6, 6.07) is 3.82. The number of hydrogen-bond acceptors (Lipinski definition) is 6. The van der Waals surface area contributed by atoms with Crippen LogP contribution in [-0.4, -0.2) is 40.8 Å². The molecule has 0 unspecified atom stereocenters. The predicted molar refractivity (Wildman–Crippen MR) is 114 cm³/mol. The van der Waals surface area contributed by atoms with Crippen molar-refractivity contribution in [3.8, 4) is 17.2 Å². The Morgan fingerprint density at radius 1 is 1.20 bits per heavy atom. The summed E-state index contributed by atoms with van der Waals surface area (Å²) in [5.74, 6) is 1.34. The number of hydrogen-bond donors (Lipinski definition) is 0. The van der Waals surface area contributed by atoms with Crippen LogP contribution in [0.15, 0.2) is 16.7 Å². The zero-order valence-corrected chi connectivity index (χ0v) is 18.6. The fourth-order valence-electron chi connectivity index (χ4n) is 3.65. The molecule has 1 amide bonds. The van der Waals surface area contributed by atoms with Crippen molar-refractivity contribution in [2.24, 2.45) is 0 Å². The van der Waals surface area contributed by atoms with Gasteiger partial charge in [-0.1, -0.05) is 24.9 Å². The minimum atomic E-state index is -0.352. The number of carbonyl (C=O) groups excluding carboxylic acids is 1. The second kappa shape index (κ2) is 10.5. The lowest BCUT2D eigenvalue weighted by atomic mass is 9.98. The molecule has 164 valence electrons. The molecule has 2 heterocycles. The highest BCUT2D eigenvalue weighted by Crippen LogP contribution is 2.30. The van der Waals surface area contributed by atoms with E-state index in [0.717, 1.165) is 42.7 Å². The van der Waals surface area contributed by atoms with Crippen molar-refractivity contribution >= 4 is 6.09 Å². The lowest BCUT2D eigenvalue weighted by Gasteiger charge is -2.23. The van der Waals surface area contributed by atoms with Gasteiger partial charge in [0.25, 0.3) is 0 Å². The molecule has 0 atom stereocenters. The van der Waals surface area contributed by atoms with E-state index < -0.39 is 0 Å². The van der Waals surface area contributed by atoms with Gasteiger partial charge in [0, 0.05) is 13.6 Å². The first-order valence-electron chi connectivity index (χ1n) is 11.0. The van der Waals surface area contributed by atoms with Gasteiger partial charge in [0.2, 0.25) is 0 Å². The molecule has 2 aromatic rings. The van der Waals surface area contributed by atoms with Crippen molar-refractivity contribution in [3.05, 3.63) is 29.1 Å². The van der Waals surface area contributed by atoms with Crippen LogP contribution in [0.3, 0.4) is 0 Å². The van der Waals surface area contributed by atoms with Crippen LogP contribution in [-0.2, 0) is 11.3 Å². The van der Waals surface area contributed by atoms with Gasteiger partial charge >= 0.3 is 6.09 Å². The Balaban J connectivity index is 1.69. The maximum Gasteiger partial charge on any atom is 0.409 e. The van der Waals surface area contributed by atoms with E-state index in [-0.39, 0.29) is 18.8 Å². The Labute approximate surface area is 178 Å². The Morgan fingerprint density at radius 3 is 2.67 bits per heavy atom. The van der Waals surface area contributed by atoms with Gasteiger partial charge in [-0.25, -0.2) is 9.78 Å². The van der Waals surface area contributed by atoms with Crippen molar-refractivity contribution in [1.29, 1.82) is 0 Å². The van der Waals surface area contributed by atoms with Gasteiger partial charge in [-0.2, -0.15) is 0 Å². The van der Waals surface area contributed by atoms with Crippen molar-refractivity contribution in [2.45, 2.75) is 78.4 Å². The first-order chi connectivity index (χ1) is 14.5. The monoisotopic (exact) mass is 415 g/mol. The third-order valence-electron chi connectivity index (χ3n) is 5.60. The van der Waals surface area contributed by atoms with Crippen LogP contribution in [0.1, 0.15) is 68.8 Å². The topological polar surface area (TPSA) is 77.7 Å². The van der Waals surface area contributed by atoms with Gasteiger partial charge < -0.3 is 18.9 Å². The van der Waals surface area contributed by atoms with Crippen LogP contribution in [0.25, 0.3) is 11.5 Å². The van der Waals surface area contributed by atoms with Crippen molar-refractivity contribution in [3.63, 3.8) is 0 Å². The molecule has 30 heavy (non-hydrogen) atoms. The Morgan fingerprint density at radius 2 is 1.97 bits per heavy atom. The number of unbranched alkanes of at least 4 members (excludes halogenated alkanes) is 1. The number of amides is 1. The molecule has 0 aliphatic heterocycles. The highest BCUT2D eigenvalue weighted by atomic mass is 16.6. The summed E-state index contributed by atoms with van der Waals surface area (Å²) >= 11 is 0. The molecule has 0 saturated heterocycles. The minimum absolute atomic E-state index is 0.0982. The summed E-state index contributed by atoms with van der Waals surface area (Å²) in [5, 5.41) is 4.06. The number of nitrogens with zero attached hydrogens (tertiary/aromatic N) is 3. The molecule has 0 spiro atoms. The minimum Gasteiger partial charge on any atom is -0.489 e. The van der Waals surface area contributed by atoms with Gasteiger partial charge in [-0.05, 0) is 58.1 Å². The SMILES string of the molecule is CCCCN(C)C(=O)OCc1c(C)noc1-c1ccc(OC2CCCCC2)c(C)n1. The maximum absolute atomic E-state index is 12.2. The van der Waals surface area contributed by atoms with E-state index in [2.05, 4.69) is 17.1 Å². The van der Waals surface area contributed by atoms with Gasteiger partial charge in [0.1, 0.15) is 18.1 Å². The van der Waals surface area contributed by atoms with Gasteiger partial charge in [-0.3, -0.25) is 0 Å². The summed E-state index contributed by atoms with van der Waals surface area (Å²) in [4.78, 5) is 18.5. The molecule has 0 radical (unpaired) electrons. The number of pyridine rings is 1. The molecule has 7 heteroatoms. The Hall–Kier alpha value is -2.57. The first kappa shape index (κ1) is 22.1. The average molecular weight is 416 g/mol. The molecular formula is C23H33N3O4. The lowest BCUT2D eigenvalue weighted by Crippen LogP contribution is -2.28.